The van der Waals surface area contributed by atoms with Crippen molar-refractivity contribution in [3.05, 3.63) is 15.9 Å². The third-order valence-corrected chi connectivity index (χ3v) is 2.31. The van der Waals surface area contributed by atoms with Crippen LogP contribution in [0.4, 0.5) is 5.95 Å². The van der Waals surface area contributed by atoms with Crippen molar-refractivity contribution in [1.82, 2.24) is 9.97 Å². The number of aromatic amines is 1. The minimum atomic E-state index is 0.440. The van der Waals surface area contributed by atoms with Crippen LogP contribution in [0.15, 0.2) is 0 Å². The Hall–Kier alpha value is -0.900. The number of H-pyrrole nitrogens is 1. The molecule has 1 aromatic heterocycles. The Morgan fingerprint density at radius 2 is 2.27 bits per heavy atom. The monoisotopic (exact) mass is 167 g/mol. The summed E-state index contributed by atoms with van der Waals surface area (Å²) in [5.74, 6) is 0.440. The Bertz CT molecular complexity index is 342. The average molecular weight is 167 g/mol. The van der Waals surface area contributed by atoms with Crippen molar-refractivity contribution < 1.29 is 0 Å². The molecule has 1 aliphatic rings. The van der Waals surface area contributed by atoms with Gasteiger partial charge in [-0.1, -0.05) is 12.2 Å². The van der Waals surface area contributed by atoms with E-state index in [0.717, 1.165) is 12.8 Å². The summed E-state index contributed by atoms with van der Waals surface area (Å²) >= 11 is 5.06. The molecule has 0 radical (unpaired) electrons. The highest BCUT2D eigenvalue weighted by atomic mass is 32.1. The molecule has 0 amide bonds. The number of nitrogen functional groups attached to an aromatic ring is 1. The highest BCUT2D eigenvalue weighted by molar-refractivity contribution is 7.71. The predicted molar refractivity (Wildman–Crippen MR) is 45.9 cm³/mol. The molecule has 0 spiro atoms. The summed E-state index contributed by atoms with van der Waals surface area (Å²) in [6, 6.07) is 0. The molecule has 3 N–H and O–H groups in total. The molecule has 11 heavy (non-hydrogen) atoms. The van der Waals surface area contributed by atoms with Crippen molar-refractivity contribution in [2.75, 3.05) is 5.73 Å². The Kier molecular flexibility index (Phi) is 1.42. The smallest absolute Gasteiger partial charge is 0.198 e. The van der Waals surface area contributed by atoms with Gasteiger partial charge in [0.15, 0.2) is 5.95 Å². The largest absolute Gasteiger partial charge is 0.369 e. The number of nitrogens with two attached hydrogens (primary N) is 1. The van der Waals surface area contributed by atoms with Gasteiger partial charge in [-0.05, 0) is 19.3 Å². The summed E-state index contributed by atoms with van der Waals surface area (Å²) in [4.78, 5) is 7.01. The first kappa shape index (κ1) is 6.79. The van der Waals surface area contributed by atoms with Gasteiger partial charge in [0.25, 0.3) is 0 Å². The van der Waals surface area contributed by atoms with Crippen LogP contribution in [0, 0.1) is 4.64 Å². The Labute approximate surface area is 69.7 Å². The van der Waals surface area contributed by atoms with Crippen molar-refractivity contribution in [2.24, 2.45) is 0 Å². The SMILES string of the molecule is Nc1nc(=S)c2c([nH]1)CCC2. The number of hydrogen-bond acceptors (Lipinski definition) is 3. The summed E-state index contributed by atoms with van der Waals surface area (Å²) in [6.45, 7) is 0. The molecule has 1 aromatic rings. The molecule has 1 heterocycles. The second kappa shape index (κ2) is 2.30. The zero-order valence-corrected chi connectivity index (χ0v) is 6.87. The topological polar surface area (TPSA) is 54.7 Å². The van der Waals surface area contributed by atoms with Gasteiger partial charge in [-0.15, -0.1) is 0 Å². The number of aryl methyl sites for hydroxylation is 1. The first-order chi connectivity index (χ1) is 5.27. The van der Waals surface area contributed by atoms with Crippen molar-refractivity contribution >= 4 is 18.2 Å². The zero-order valence-electron chi connectivity index (χ0n) is 6.05. The van der Waals surface area contributed by atoms with Crippen molar-refractivity contribution in [1.29, 1.82) is 0 Å². The van der Waals surface area contributed by atoms with E-state index >= 15 is 0 Å². The number of hydrogen-bond donors (Lipinski definition) is 2. The van der Waals surface area contributed by atoms with Crippen LogP contribution in [0.3, 0.4) is 0 Å². The number of aromatic nitrogens is 2. The summed E-state index contributed by atoms with van der Waals surface area (Å²) in [6.07, 6.45) is 3.28. The van der Waals surface area contributed by atoms with E-state index in [1.165, 1.54) is 17.7 Å². The van der Waals surface area contributed by atoms with E-state index in [1.54, 1.807) is 0 Å². The maximum absolute atomic E-state index is 5.50. The second-order valence-electron chi connectivity index (χ2n) is 2.74. The van der Waals surface area contributed by atoms with E-state index in [9.17, 15) is 0 Å². The molecule has 0 atom stereocenters. The zero-order chi connectivity index (χ0) is 7.84. The van der Waals surface area contributed by atoms with Crippen LogP contribution in [-0.2, 0) is 12.8 Å². The molecule has 0 aliphatic heterocycles. The van der Waals surface area contributed by atoms with Crippen LogP contribution >= 0.6 is 12.2 Å². The van der Waals surface area contributed by atoms with Gasteiger partial charge < -0.3 is 10.7 Å². The molecule has 2 rings (SSSR count). The molecule has 58 valence electrons. The summed E-state index contributed by atoms with van der Waals surface area (Å²) in [5, 5.41) is 0. The molecule has 3 nitrogen and oxygen atoms in total. The average Bonchev–Trinajstić information content (AvgIpc) is 2.34. The standard InChI is InChI=1S/C7H9N3S/c8-7-9-5-3-1-2-4(5)6(11)10-7/h1-3H2,(H3,8,9,10,11). The fraction of sp³-hybridized carbons (Fsp3) is 0.429. The van der Waals surface area contributed by atoms with Crippen LogP contribution in [0.25, 0.3) is 0 Å². The minimum Gasteiger partial charge on any atom is -0.369 e. The van der Waals surface area contributed by atoms with Gasteiger partial charge in [0.1, 0.15) is 4.64 Å². The van der Waals surface area contributed by atoms with Gasteiger partial charge in [0, 0.05) is 11.3 Å². The first-order valence-corrected chi connectivity index (χ1v) is 4.06. The molecule has 0 bridgehead atoms. The van der Waals surface area contributed by atoms with E-state index < -0.39 is 0 Å². The fourth-order valence-corrected chi connectivity index (χ4v) is 1.80. The van der Waals surface area contributed by atoms with Crippen molar-refractivity contribution in [3.63, 3.8) is 0 Å². The first-order valence-electron chi connectivity index (χ1n) is 3.65. The number of fused-ring (bicyclic) bond motifs is 1. The lowest BCUT2D eigenvalue weighted by Crippen LogP contribution is -1.99. The minimum absolute atomic E-state index is 0.440. The Balaban J connectivity index is 2.70. The van der Waals surface area contributed by atoms with Crippen LogP contribution in [-0.4, -0.2) is 9.97 Å². The summed E-state index contributed by atoms with van der Waals surface area (Å²) < 4.78 is 0.675. The number of nitrogens with one attached hydrogen (secondary N) is 1. The molecule has 4 heteroatoms. The van der Waals surface area contributed by atoms with E-state index in [0.29, 0.717) is 10.6 Å². The highest BCUT2D eigenvalue weighted by Crippen LogP contribution is 2.20. The van der Waals surface area contributed by atoms with E-state index in [1.807, 2.05) is 0 Å². The van der Waals surface area contributed by atoms with E-state index in [2.05, 4.69) is 9.97 Å². The molecule has 0 saturated heterocycles. The van der Waals surface area contributed by atoms with Crippen LogP contribution < -0.4 is 5.73 Å². The highest BCUT2D eigenvalue weighted by Gasteiger charge is 2.13. The fourth-order valence-electron chi connectivity index (χ4n) is 1.48. The number of rotatable bonds is 0. The quantitative estimate of drug-likeness (QED) is 0.571. The van der Waals surface area contributed by atoms with Gasteiger partial charge in [0.05, 0.1) is 0 Å². The molecule has 0 saturated carbocycles. The predicted octanol–water partition coefficient (Wildman–Crippen LogP) is 1.21. The maximum atomic E-state index is 5.50. The van der Waals surface area contributed by atoms with Gasteiger partial charge in [-0.2, -0.15) is 0 Å². The van der Waals surface area contributed by atoms with E-state index in [4.69, 9.17) is 18.0 Å². The molecule has 0 fully saturated rings. The maximum Gasteiger partial charge on any atom is 0.198 e. The Morgan fingerprint density at radius 1 is 1.45 bits per heavy atom. The van der Waals surface area contributed by atoms with Crippen molar-refractivity contribution in [3.8, 4) is 0 Å². The lowest BCUT2D eigenvalue weighted by molar-refractivity contribution is 0.900. The second-order valence-corrected chi connectivity index (χ2v) is 3.12. The summed E-state index contributed by atoms with van der Waals surface area (Å²) in [7, 11) is 0. The van der Waals surface area contributed by atoms with Crippen LogP contribution in [0.5, 0.6) is 0 Å². The number of nitrogens with zero attached hydrogens (tertiary/aromatic N) is 1. The summed E-state index contributed by atoms with van der Waals surface area (Å²) in [5.41, 5.74) is 7.87. The third-order valence-electron chi connectivity index (χ3n) is 1.98. The third kappa shape index (κ3) is 1.03. The van der Waals surface area contributed by atoms with E-state index in [-0.39, 0.29) is 0 Å². The molecule has 0 aromatic carbocycles. The Morgan fingerprint density at radius 3 is 3.09 bits per heavy atom. The van der Waals surface area contributed by atoms with Gasteiger partial charge in [-0.25, -0.2) is 4.98 Å². The lowest BCUT2D eigenvalue weighted by Gasteiger charge is -1.99. The van der Waals surface area contributed by atoms with Gasteiger partial charge in [-0.3, -0.25) is 0 Å². The molecule has 0 unspecified atom stereocenters. The molecule has 1 aliphatic carbocycles. The lowest BCUT2D eigenvalue weighted by atomic mass is 10.3. The number of anilines is 1. The van der Waals surface area contributed by atoms with Crippen LogP contribution in [0.2, 0.25) is 0 Å². The van der Waals surface area contributed by atoms with Crippen LogP contribution in [0.1, 0.15) is 17.7 Å². The molecular weight excluding hydrogens is 158 g/mol. The normalized spacial score (nSPS) is 14.9. The molecular formula is C7H9N3S. The van der Waals surface area contributed by atoms with Crippen molar-refractivity contribution in [2.45, 2.75) is 19.3 Å². The van der Waals surface area contributed by atoms with Gasteiger partial charge in [0.2, 0.25) is 0 Å². The van der Waals surface area contributed by atoms with Gasteiger partial charge >= 0.3 is 0 Å².